The van der Waals surface area contributed by atoms with Crippen LogP contribution in [0.3, 0.4) is 0 Å². The van der Waals surface area contributed by atoms with Gasteiger partial charge in [0.1, 0.15) is 0 Å². The van der Waals surface area contributed by atoms with Crippen LogP contribution in [0.15, 0.2) is 24.4 Å². The maximum Gasteiger partial charge on any atom is 0.416 e. The van der Waals surface area contributed by atoms with Crippen molar-refractivity contribution in [1.29, 1.82) is 0 Å². The van der Waals surface area contributed by atoms with Crippen molar-refractivity contribution in [1.82, 2.24) is 20.3 Å². The Morgan fingerprint density at radius 1 is 1.30 bits per heavy atom. The molecule has 1 heterocycles. The van der Waals surface area contributed by atoms with Crippen LogP contribution >= 0.6 is 11.6 Å². The van der Waals surface area contributed by atoms with Crippen LogP contribution in [0.25, 0.3) is 5.69 Å². The average molecular weight is 305 g/mol. The monoisotopic (exact) mass is 304 g/mol. The Hall–Kier alpha value is -1.60. The fourth-order valence-corrected chi connectivity index (χ4v) is 1.86. The second-order valence-corrected chi connectivity index (χ2v) is 4.57. The summed E-state index contributed by atoms with van der Waals surface area (Å²) in [5, 5.41) is 10.7. The fourth-order valence-electron chi connectivity index (χ4n) is 1.63. The molecule has 2 rings (SSSR count). The number of rotatable bonds is 4. The van der Waals surface area contributed by atoms with E-state index in [1.54, 1.807) is 6.20 Å². The lowest BCUT2D eigenvalue weighted by atomic mass is 10.2. The van der Waals surface area contributed by atoms with E-state index >= 15 is 0 Å². The number of nitrogens with zero attached hydrogens (tertiary/aromatic N) is 3. The van der Waals surface area contributed by atoms with E-state index in [9.17, 15) is 13.2 Å². The van der Waals surface area contributed by atoms with Gasteiger partial charge in [-0.2, -0.15) is 13.2 Å². The van der Waals surface area contributed by atoms with Crippen molar-refractivity contribution in [2.75, 3.05) is 6.54 Å². The average Bonchev–Trinajstić information content (AvgIpc) is 2.83. The van der Waals surface area contributed by atoms with Crippen molar-refractivity contribution in [3.63, 3.8) is 0 Å². The van der Waals surface area contributed by atoms with Crippen LogP contribution in [-0.4, -0.2) is 21.5 Å². The minimum atomic E-state index is -4.45. The number of nitrogens with one attached hydrogen (secondary N) is 1. The van der Waals surface area contributed by atoms with Crippen molar-refractivity contribution >= 4 is 11.6 Å². The molecule has 0 amide bonds. The van der Waals surface area contributed by atoms with Crippen molar-refractivity contribution < 1.29 is 13.2 Å². The van der Waals surface area contributed by atoms with Gasteiger partial charge in [-0.1, -0.05) is 23.7 Å². The molecule has 0 aliphatic rings. The zero-order valence-corrected chi connectivity index (χ0v) is 11.3. The standard InChI is InChI=1S/C12H12ClF3N4/c1-2-17-6-10-7-20(19-18-10)11-4-8(12(14,15)16)3-9(13)5-11/h3-5,7,17H,2,6H2,1H3. The molecule has 0 aliphatic carbocycles. The SMILES string of the molecule is CCNCc1cn(-c2cc(Cl)cc(C(F)(F)F)c2)nn1. The number of hydrogen-bond acceptors (Lipinski definition) is 3. The molecule has 0 atom stereocenters. The molecule has 0 spiro atoms. The van der Waals surface area contributed by atoms with E-state index in [0.717, 1.165) is 18.7 Å². The summed E-state index contributed by atoms with van der Waals surface area (Å²) in [5.74, 6) is 0. The minimum Gasteiger partial charge on any atom is -0.311 e. The molecule has 2 aromatic rings. The van der Waals surface area contributed by atoms with Crippen molar-refractivity contribution in [2.24, 2.45) is 0 Å². The lowest BCUT2D eigenvalue weighted by molar-refractivity contribution is -0.137. The molecule has 4 nitrogen and oxygen atoms in total. The fraction of sp³-hybridized carbons (Fsp3) is 0.333. The maximum absolute atomic E-state index is 12.7. The molecule has 108 valence electrons. The molecule has 1 aromatic heterocycles. The second-order valence-electron chi connectivity index (χ2n) is 4.13. The number of halogens is 4. The van der Waals surface area contributed by atoms with E-state index in [1.165, 1.54) is 10.7 Å². The molecule has 8 heteroatoms. The zero-order chi connectivity index (χ0) is 14.8. The highest BCUT2D eigenvalue weighted by atomic mass is 35.5. The topological polar surface area (TPSA) is 42.7 Å². The van der Waals surface area contributed by atoms with E-state index in [0.29, 0.717) is 12.2 Å². The lowest BCUT2D eigenvalue weighted by Gasteiger charge is -2.09. The van der Waals surface area contributed by atoms with Gasteiger partial charge >= 0.3 is 6.18 Å². The molecule has 1 N–H and O–H groups in total. The van der Waals surface area contributed by atoms with Crippen LogP contribution in [0.4, 0.5) is 13.2 Å². The number of alkyl halides is 3. The number of hydrogen-bond donors (Lipinski definition) is 1. The molecule has 1 aromatic carbocycles. The third-order valence-corrected chi connectivity index (χ3v) is 2.79. The van der Waals surface area contributed by atoms with Crippen molar-refractivity contribution in [3.8, 4) is 5.69 Å². The molecule has 0 fully saturated rings. The molecule has 0 unspecified atom stereocenters. The largest absolute Gasteiger partial charge is 0.416 e. The van der Waals surface area contributed by atoms with Gasteiger partial charge < -0.3 is 5.32 Å². The summed E-state index contributed by atoms with van der Waals surface area (Å²) in [4.78, 5) is 0. The molecule has 20 heavy (non-hydrogen) atoms. The molecule has 0 saturated carbocycles. The predicted molar refractivity (Wildman–Crippen MR) is 68.8 cm³/mol. The third kappa shape index (κ3) is 3.49. The van der Waals surface area contributed by atoms with Gasteiger partial charge in [-0.05, 0) is 24.7 Å². The summed E-state index contributed by atoms with van der Waals surface area (Å²) in [6, 6.07) is 3.27. The summed E-state index contributed by atoms with van der Waals surface area (Å²) in [6.07, 6.45) is -2.89. The highest BCUT2D eigenvalue weighted by molar-refractivity contribution is 6.30. The summed E-state index contributed by atoms with van der Waals surface area (Å²) in [5.41, 5.74) is 0.0455. The van der Waals surface area contributed by atoms with E-state index in [2.05, 4.69) is 15.6 Å². The van der Waals surface area contributed by atoms with Gasteiger partial charge in [0, 0.05) is 11.6 Å². The maximum atomic E-state index is 12.7. The second kappa shape index (κ2) is 5.80. The van der Waals surface area contributed by atoms with Crippen LogP contribution in [-0.2, 0) is 12.7 Å². The first-order valence-corrected chi connectivity index (χ1v) is 6.28. The van der Waals surface area contributed by atoms with E-state index < -0.39 is 11.7 Å². The quantitative estimate of drug-likeness (QED) is 0.944. The Bertz CT molecular complexity index is 595. The van der Waals surface area contributed by atoms with Gasteiger partial charge in [-0.3, -0.25) is 0 Å². The van der Waals surface area contributed by atoms with Crippen LogP contribution in [0.1, 0.15) is 18.2 Å². The van der Waals surface area contributed by atoms with Gasteiger partial charge in [0.15, 0.2) is 0 Å². The Morgan fingerprint density at radius 3 is 2.70 bits per heavy atom. The van der Waals surface area contributed by atoms with Gasteiger partial charge in [0.2, 0.25) is 0 Å². The highest BCUT2D eigenvalue weighted by Crippen LogP contribution is 2.32. The van der Waals surface area contributed by atoms with Crippen molar-refractivity contribution in [2.45, 2.75) is 19.6 Å². The van der Waals surface area contributed by atoms with Crippen LogP contribution in [0.2, 0.25) is 5.02 Å². The molecule has 0 saturated heterocycles. The predicted octanol–water partition coefficient (Wildman–Crippen LogP) is 3.05. The van der Waals surface area contributed by atoms with Gasteiger partial charge in [0.05, 0.1) is 23.1 Å². The normalized spacial score (nSPS) is 11.8. The highest BCUT2D eigenvalue weighted by Gasteiger charge is 2.31. The lowest BCUT2D eigenvalue weighted by Crippen LogP contribution is -2.11. The van der Waals surface area contributed by atoms with E-state index in [-0.39, 0.29) is 10.7 Å². The summed E-state index contributed by atoms with van der Waals surface area (Å²) in [7, 11) is 0. The molecule has 0 aliphatic heterocycles. The third-order valence-electron chi connectivity index (χ3n) is 2.57. The van der Waals surface area contributed by atoms with Crippen molar-refractivity contribution in [3.05, 3.63) is 40.7 Å². The molecular formula is C12H12ClF3N4. The van der Waals surface area contributed by atoms with Crippen LogP contribution in [0.5, 0.6) is 0 Å². The Balaban J connectivity index is 2.32. The number of benzene rings is 1. The van der Waals surface area contributed by atoms with E-state index in [4.69, 9.17) is 11.6 Å². The Labute approximate surface area is 118 Å². The summed E-state index contributed by atoms with van der Waals surface area (Å²) >= 11 is 5.72. The molecule has 0 bridgehead atoms. The summed E-state index contributed by atoms with van der Waals surface area (Å²) in [6.45, 7) is 3.21. The molecular weight excluding hydrogens is 293 g/mol. The van der Waals surface area contributed by atoms with Gasteiger partial charge in [-0.25, -0.2) is 4.68 Å². The van der Waals surface area contributed by atoms with Gasteiger partial charge in [0.25, 0.3) is 0 Å². The summed E-state index contributed by atoms with van der Waals surface area (Å²) < 4.78 is 39.4. The smallest absolute Gasteiger partial charge is 0.311 e. The first kappa shape index (κ1) is 14.8. The Kier molecular flexibility index (Phi) is 4.29. The zero-order valence-electron chi connectivity index (χ0n) is 10.6. The van der Waals surface area contributed by atoms with Crippen LogP contribution < -0.4 is 5.32 Å². The van der Waals surface area contributed by atoms with Crippen LogP contribution in [0, 0.1) is 0 Å². The molecule has 0 radical (unpaired) electrons. The number of aromatic nitrogens is 3. The first-order chi connectivity index (χ1) is 9.40. The van der Waals surface area contributed by atoms with E-state index in [1.807, 2.05) is 6.92 Å². The van der Waals surface area contributed by atoms with Gasteiger partial charge in [-0.15, -0.1) is 5.10 Å². The minimum absolute atomic E-state index is 0.00134. The first-order valence-electron chi connectivity index (χ1n) is 5.90. The Morgan fingerprint density at radius 2 is 2.05 bits per heavy atom.